The van der Waals surface area contributed by atoms with Crippen LogP contribution in [0.1, 0.15) is 17.5 Å². The highest BCUT2D eigenvalue weighted by molar-refractivity contribution is 5.17. The molecule has 0 amide bonds. The van der Waals surface area contributed by atoms with Gasteiger partial charge in [-0.2, -0.15) is 5.26 Å². The van der Waals surface area contributed by atoms with Crippen molar-refractivity contribution in [3.05, 3.63) is 71.8 Å². The van der Waals surface area contributed by atoms with E-state index < -0.39 is 0 Å². The fourth-order valence-corrected chi connectivity index (χ4v) is 2.34. The standard InChI is InChI=1S/C18H21N3/c19-16-20-12-7-13-21(14-17-8-3-1-4-9-17)15-18-10-5-2-6-11-18/h1-6,8-11,20H,7,12-15H2. The molecule has 2 rings (SSSR count). The molecule has 0 unspecified atom stereocenters. The van der Waals surface area contributed by atoms with Crippen molar-refractivity contribution in [2.75, 3.05) is 13.1 Å². The monoisotopic (exact) mass is 279 g/mol. The molecule has 0 saturated carbocycles. The van der Waals surface area contributed by atoms with Crippen LogP contribution in [0.25, 0.3) is 0 Å². The topological polar surface area (TPSA) is 39.1 Å². The average Bonchev–Trinajstić information content (AvgIpc) is 2.53. The van der Waals surface area contributed by atoms with Crippen LogP contribution < -0.4 is 5.32 Å². The van der Waals surface area contributed by atoms with Gasteiger partial charge in [-0.3, -0.25) is 4.90 Å². The lowest BCUT2D eigenvalue weighted by atomic mass is 10.1. The van der Waals surface area contributed by atoms with E-state index in [0.717, 1.165) is 32.6 Å². The molecule has 0 saturated heterocycles. The second-order valence-electron chi connectivity index (χ2n) is 5.07. The van der Waals surface area contributed by atoms with Gasteiger partial charge >= 0.3 is 0 Å². The van der Waals surface area contributed by atoms with Crippen LogP contribution in [0.4, 0.5) is 0 Å². The Hall–Kier alpha value is -2.31. The zero-order valence-electron chi connectivity index (χ0n) is 12.2. The minimum Gasteiger partial charge on any atom is -0.324 e. The summed E-state index contributed by atoms with van der Waals surface area (Å²) >= 11 is 0. The summed E-state index contributed by atoms with van der Waals surface area (Å²) in [7, 11) is 0. The maximum absolute atomic E-state index is 8.53. The Kier molecular flexibility index (Phi) is 6.31. The van der Waals surface area contributed by atoms with Gasteiger partial charge in [-0.05, 0) is 17.5 Å². The Morgan fingerprint density at radius 1 is 0.857 bits per heavy atom. The zero-order chi connectivity index (χ0) is 14.8. The maximum Gasteiger partial charge on any atom is 0.176 e. The van der Waals surface area contributed by atoms with Crippen LogP contribution >= 0.6 is 0 Å². The van der Waals surface area contributed by atoms with Crippen molar-refractivity contribution in [2.45, 2.75) is 19.5 Å². The molecule has 21 heavy (non-hydrogen) atoms. The van der Waals surface area contributed by atoms with Gasteiger partial charge < -0.3 is 5.32 Å². The molecular weight excluding hydrogens is 258 g/mol. The molecule has 0 aliphatic heterocycles. The quantitative estimate of drug-likeness (QED) is 0.458. The first kappa shape index (κ1) is 15.1. The fraction of sp³-hybridized carbons (Fsp3) is 0.278. The smallest absolute Gasteiger partial charge is 0.176 e. The number of rotatable bonds is 8. The van der Waals surface area contributed by atoms with Gasteiger partial charge in [0, 0.05) is 26.2 Å². The first-order valence-electron chi connectivity index (χ1n) is 7.30. The van der Waals surface area contributed by atoms with Gasteiger partial charge in [0.25, 0.3) is 0 Å². The SMILES string of the molecule is N#CNCCCN(Cc1ccccc1)Cc1ccccc1. The number of nitriles is 1. The molecule has 0 aliphatic rings. The van der Waals surface area contributed by atoms with Crippen LogP contribution in [0.2, 0.25) is 0 Å². The lowest BCUT2D eigenvalue weighted by molar-refractivity contribution is 0.253. The number of nitrogens with one attached hydrogen (secondary N) is 1. The van der Waals surface area contributed by atoms with Crippen molar-refractivity contribution in [1.29, 1.82) is 5.26 Å². The van der Waals surface area contributed by atoms with Crippen LogP contribution in [0.3, 0.4) is 0 Å². The highest BCUT2D eigenvalue weighted by Gasteiger charge is 2.06. The second-order valence-corrected chi connectivity index (χ2v) is 5.07. The van der Waals surface area contributed by atoms with Crippen molar-refractivity contribution in [1.82, 2.24) is 10.2 Å². The molecule has 0 spiro atoms. The predicted molar refractivity (Wildman–Crippen MR) is 85.2 cm³/mol. The van der Waals surface area contributed by atoms with Gasteiger partial charge in [0.2, 0.25) is 0 Å². The van der Waals surface area contributed by atoms with Crippen LogP contribution in [-0.4, -0.2) is 18.0 Å². The Bertz CT molecular complexity index is 504. The molecule has 0 heterocycles. The van der Waals surface area contributed by atoms with E-state index in [4.69, 9.17) is 5.26 Å². The highest BCUT2D eigenvalue weighted by atomic mass is 15.1. The van der Waals surface area contributed by atoms with Crippen LogP contribution in [0, 0.1) is 11.5 Å². The summed E-state index contributed by atoms with van der Waals surface area (Å²) < 4.78 is 0. The third kappa shape index (κ3) is 5.68. The second kappa shape index (κ2) is 8.78. The van der Waals surface area contributed by atoms with Crippen LogP contribution in [0.5, 0.6) is 0 Å². The molecule has 108 valence electrons. The summed E-state index contributed by atoms with van der Waals surface area (Å²) in [5, 5.41) is 11.2. The molecule has 0 aliphatic carbocycles. The van der Waals surface area contributed by atoms with Gasteiger partial charge in [-0.25, -0.2) is 0 Å². The Morgan fingerprint density at radius 2 is 1.38 bits per heavy atom. The van der Waals surface area contributed by atoms with E-state index >= 15 is 0 Å². The van der Waals surface area contributed by atoms with Crippen molar-refractivity contribution >= 4 is 0 Å². The fourth-order valence-electron chi connectivity index (χ4n) is 2.34. The molecule has 0 radical (unpaired) electrons. The molecule has 3 heteroatoms. The molecule has 3 nitrogen and oxygen atoms in total. The van der Waals surface area contributed by atoms with Crippen molar-refractivity contribution in [2.24, 2.45) is 0 Å². The minimum atomic E-state index is 0.733. The molecule has 2 aromatic carbocycles. The van der Waals surface area contributed by atoms with Crippen molar-refractivity contribution < 1.29 is 0 Å². The zero-order valence-corrected chi connectivity index (χ0v) is 12.2. The number of hydrogen-bond donors (Lipinski definition) is 1. The molecular formula is C18H21N3. The van der Waals surface area contributed by atoms with Gasteiger partial charge in [0.05, 0.1) is 0 Å². The van der Waals surface area contributed by atoms with Gasteiger partial charge in [0.15, 0.2) is 6.19 Å². The number of benzene rings is 2. The highest BCUT2D eigenvalue weighted by Crippen LogP contribution is 2.10. The van der Waals surface area contributed by atoms with E-state index in [1.807, 2.05) is 18.3 Å². The largest absolute Gasteiger partial charge is 0.324 e. The van der Waals surface area contributed by atoms with Crippen molar-refractivity contribution in [3.8, 4) is 6.19 Å². The average molecular weight is 279 g/mol. The molecule has 2 aromatic rings. The lowest BCUT2D eigenvalue weighted by Gasteiger charge is -2.22. The number of nitrogens with zero attached hydrogens (tertiary/aromatic N) is 2. The van der Waals surface area contributed by atoms with E-state index in [9.17, 15) is 0 Å². The Morgan fingerprint density at radius 3 is 1.86 bits per heavy atom. The van der Waals surface area contributed by atoms with E-state index in [1.54, 1.807) is 0 Å². The summed E-state index contributed by atoms with van der Waals surface area (Å²) in [6.07, 6.45) is 2.94. The van der Waals surface area contributed by atoms with E-state index in [0.29, 0.717) is 0 Å². The lowest BCUT2D eigenvalue weighted by Crippen LogP contribution is -2.26. The van der Waals surface area contributed by atoms with Crippen LogP contribution in [0.15, 0.2) is 60.7 Å². The first-order chi connectivity index (χ1) is 10.4. The van der Waals surface area contributed by atoms with E-state index in [2.05, 4.69) is 58.7 Å². The van der Waals surface area contributed by atoms with Gasteiger partial charge in [0.1, 0.15) is 0 Å². The van der Waals surface area contributed by atoms with Crippen molar-refractivity contribution in [3.63, 3.8) is 0 Å². The Labute approximate surface area is 126 Å². The summed E-state index contributed by atoms with van der Waals surface area (Å²) in [5.41, 5.74) is 2.64. The van der Waals surface area contributed by atoms with E-state index in [-0.39, 0.29) is 0 Å². The molecule has 0 bridgehead atoms. The summed E-state index contributed by atoms with van der Waals surface area (Å²) in [4.78, 5) is 2.42. The molecule has 0 aromatic heterocycles. The van der Waals surface area contributed by atoms with E-state index in [1.165, 1.54) is 11.1 Å². The van der Waals surface area contributed by atoms with Gasteiger partial charge in [-0.15, -0.1) is 0 Å². The summed E-state index contributed by atoms with van der Waals surface area (Å²) in [6.45, 7) is 3.57. The number of hydrogen-bond acceptors (Lipinski definition) is 3. The van der Waals surface area contributed by atoms with Crippen LogP contribution in [-0.2, 0) is 13.1 Å². The summed E-state index contributed by atoms with van der Waals surface area (Å²) in [6, 6.07) is 21.0. The summed E-state index contributed by atoms with van der Waals surface area (Å²) in [5.74, 6) is 0. The normalized spacial score (nSPS) is 10.3. The predicted octanol–water partition coefficient (Wildman–Crippen LogP) is 3.15. The maximum atomic E-state index is 8.53. The molecule has 0 fully saturated rings. The first-order valence-corrected chi connectivity index (χ1v) is 7.30. The van der Waals surface area contributed by atoms with Gasteiger partial charge in [-0.1, -0.05) is 60.7 Å². The third-order valence-electron chi connectivity index (χ3n) is 3.35. The third-order valence-corrected chi connectivity index (χ3v) is 3.35. The minimum absolute atomic E-state index is 0.733. The molecule has 0 atom stereocenters. The molecule has 1 N–H and O–H groups in total. The Balaban J connectivity index is 1.94.